The SMILES string of the molecule is O=[N+]([O-])c1cc([N+](=O)[O-])c(Nc2cc(C(F)(F)F)c(C(F)(F)F)cc2Cl)c(C(F)(F)F)c1. The predicted molar refractivity (Wildman–Crippen MR) is 89.5 cm³/mol. The zero-order valence-corrected chi connectivity index (χ0v) is 15.4. The van der Waals surface area contributed by atoms with E-state index in [0.29, 0.717) is 0 Å². The van der Waals surface area contributed by atoms with Crippen LogP contribution in [0.2, 0.25) is 5.02 Å². The molecule has 32 heavy (non-hydrogen) atoms. The molecule has 0 saturated heterocycles. The molecular formula is C15H5ClF9N3O4. The second-order valence-electron chi connectivity index (χ2n) is 5.90. The van der Waals surface area contributed by atoms with Crippen LogP contribution in [-0.4, -0.2) is 9.85 Å². The topological polar surface area (TPSA) is 98.3 Å². The van der Waals surface area contributed by atoms with Crippen LogP contribution in [0.25, 0.3) is 0 Å². The van der Waals surface area contributed by atoms with Crippen LogP contribution in [-0.2, 0) is 18.5 Å². The summed E-state index contributed by atoms with van der Waals surface area (Å²) in [6, 6.07) is -0.564. The molecule has 0 heterocycles. The molecule has 0 unspecified atom stereocenters. The lowest BCUT2D eigenvalue weighted by Gasteiger charge is -2.20. The number of nitro groups is 2. The molecule has 0 bridgehead atoms. The van der Waals surface area contributed by atoms with E-state index in [1.165, 1.54) is 0 Å². The van der Waals surface area contributed by atoms with Crippen molar-refractivity contribution in [1.29, 1.82) is 0 Å². The fourth-order valence-electron chi connectivity index (χ4n) is 2.49. The maximum atomic E-state index is 13.4. The van der Waals surface area contributed by atoms with Crippen LogP contribution in [0.1, 0.15) is 16.7 Å². The van der Waals surface area contributed by atoms with Crippen LogP contribution in [0.4, 0.5) is 62.3 Å². The Morgan fingerprint density at radius 2 is 1.19 bits per heavy atom. The van der Waals surface area contributed by atoms with Crippen molar-refractivity contribution in [2.75, 3.05) is 5.32 Å². The molecule has 0 atom stereocenters. The largest absolute Gasteiger partial charge is 0.418 e. The summed E-state index contributed by atoms with van der Waals surface area (Å²) in [5.74, 6) is 0. The highest BCUT2D eigenvalue weighted by molar-refractivity contribution is 6.33. The second-order valence-corrected chi connectivity index (χ2v) is 6.30. The summed E-state index contributed by atoms with van der Waals surface area (Å²) in [4.78, 5) is 19.1. The number of non-ortho nitro benzene ring substituents is 1. The van der Waals surface area contributed by atoms with Crippen molar-refractivity contribution in [2.45, 2.75) is 18.5 Å². The average Bonchev–Trinajstić information content (AvgIpc) is 2.59. The van der Waals surface area contributed by atoms with Crippen molar-refractivity contribution < 1.29 is 49.4 Å². The summed E-state index contributed by atoms with van der Waals surface area (Å²) in [5, 5.41) is 22.4. The molecule has 1 N–H and O–H groups in total. The third-order valence-electron chi connectivity index (χ3n) is 3.79. The normalized spacial score (nSPS) is 12.6. The molecule has 0 saturated carbocycles. The Labute approximate surface area is 174 Å². The predicted octanol–water partition coefficient (Wildman–Crippen LogP) is 6.96. The van der Waals surface area contributed by atoms with Gasteiger partial charge in [0.25, 0.3) is 11.4 Å². The first kappa shape index (κ1) is 25.0. The molecule has 2 aromatic carbocycles. The minimum Gasteiger partial charge on any atom is -0.348 e. The number of benzene rings is 2. The molecule has 0 radical (unpaired) electrons. The Hall–Kier alpha value is -3.30. The van der Waals surface area contributed by atoms with Gasteiger partial charge in [-0.3, -0.25) is 20.2 Å². The van der Waals surface area contributed by atoms with Crippen molar-refractivity contribution in [3.63, 3.8) is 0 Å². The lowest BCUT2D eigenvalue weighted by atomic mass is 10.0. The van der Waals surface area contributed by atoms with Gasteiger partial charge in [0.1, 0.15) is 5.69 Å². The van der Waals surface area contributed by atoms with E-state index in [1.54, 1.807) is 5.32 Å². The molecule has 2 rings (SSSR count). The molecule has 0 amide bonds. The van der Waals surface area contributed by atoms with Gasteiger partial charge in [0.05, 0.1) is 43.3 Å². The lowest BCUT2D eigenvalue weighted by Crippen LogP contribution is -2.17. The van der Waals surface area contributed by atoms with Crippen LogP contribution < -0.4 is 5.32 Å². The molecule has 0 aliphatic heterocycles. The fourth-order valence-corrected chi connectivity index (χ4v) is 2.70. The van der Waals surface area contributed by atoms with Gasteiger partial charge >= 0.3 is 18.5 Å². The van der Waals surface area contributed by atoms with Crippen molar-refractivity contribution in [2.24, 2.45) is 0 Å². The summed E-state index contributed by atoms with van der Waals surface area (Å²) in [6.07, 6.45) is -16.7. The standard InChI is InChI=1S/C15H5ClF9N3O4/c16-9-3-6(13(17,18)19)7(14(20,21)22)4-10(9)26-12-8(15(23,24)25)1-5(27(29)30)2-11(12)28(31)32/h1-4,26H. The maximum Gasteiger partial charge on any atom is 0.418 e. The Morgan fingerprint density at radius 1 is 0.719 bits per heavy atom. The molecular weight excluding hydrogens is 493 g/mol. The number of rotatable bonds is 4. The lowest BCUT2D eigenvalue weighted by molar-refractivity contribution is -0.394. The van der Waals surface area contributed by atoms with Gasteiger partial charge in [0.15, 0.2) is 0 Å². The van der Waals surface area contributed by atoms with Crippen LogP contribution in [0.5, 0.6) is 0 Å². The highest BCUT2D eigenvalue weighted by atomic mass is 35.5. The van der Waals surface area contributed by atoms with Crippen LogP contribution >= 0.6 is 11.6 Å². The number of halogens is 10. The fraction of sp³-hybridized carbons (Fsp3) is 0.200. The first-order valence-corrected chi connectivity index (χ1v) is 8.00. The molecule has 2 aromatic rings. The third kappa shape index (κ3) is 5.12. The van der Waals surface area contributed by atoms with Gasteiger partial charge in [0, 0.05) is 6.07 Å². The molecule has 0 fully saturated rings. The van der Waals surface area contributed by atoms with E-state index >= 15 is 0 Å². The molecule has 7 nitrogen and oxygen atoms in total. The van der Waals surface area contributed by atoms with Crippen molar-refractivity contribution in [3.8, 4) is 0 Å². The van der Waals surface area contributed by atoms with Crippen molar-refractivity contribution >= 4 is 34.4 Å². The Balaban J connectivity index is 2.84. The number of nitrogens with zero attached hydrogens (tertiary/aromatic N) is 2. The number of hydrogen-bond acceptors (Lipinski definition) is 5. The van der Waals surface area contributed by atoms with E-state index in [4.69, 9.17) is 11.6 Å². The van der Waals surface area contributed by atoms with Crippen molar-refractivity contribution in [3.05, 3.63) is 66.2 Å². The highest BCUT2D eigenvalue weighted by Crippen LogP contribution is 2.47. The van der Waals surface area contributed by atoms with E-state index in [9.17, 15) is 59.7 Å². The van der Waals surface area contributed by atoms with Gasteiger partial charge in [-0.2, -0.15) is 39.5 Å². The first-order chi connectivity index (χ1) is 14.3. The van der Waals surface area contributed by atoms with E-state index in [1.807, 2.05) is 0 Å². The molecule has 0 aromatic heterocycles. The molecule has 17 heteroatoms. The quantitative estimate of drug-likeness (QED) is 0.280. The Kier molecular flexibility index (Phi) is 6.24. The number of hydrogen-bond donors (Lipinski definition) is 1. The number of nitrogens with one attached hydrogen (secondary N) is 1. The zero-order chi connectivity index (χ0) is 24.8. The van der Waals surface area contributed by atoms with Gasteiger partial charge in [-0.15, -0.1) is 0 Å². The Bertz CT molecular complexity index is 1100. The molecule has 0 spiro atoms. The van der Waals surface area contributed by atoms with Crippen LogP contribution in [0.15, 0.2) is 24.3 Å². The summed E-state index contributed by atoms with van der Waals surface area (Å²) in [7, 11) is 0. The first-order valence-electron chi connectivity index (χ1n) is 7.63. The van der Waals surface area contributed by atoms with Crippen LogP contribution in [0, 0.1) is 20.2 Å². The minimum absolute atomic E-state index is 0.0836. The summed E-state index contributed by atoms with van der Waals surface area (Å²) >= 11 is 5.50. The van der Waals surface area contributed by atoms with Crippen LogP contribution in [0.3, 0.4) is 0 Å². The summed E-state index contributed by atoms with van der Waals surface area (Å²) in [5.41, 5.74) is -12.4. The number of alkyl halides is 9. The number of nitro benzene ring substituents is 2. The molecule has 174 valence electrons. The van der Waals surface area contributed by atoms with Crippen molar-refractivity contribution in [1.82, 2.24) is 0 Å². The smallest absolute Gasteiger partial charge is 0.348 e. The second kappa shape index (κ2) is 7.99. The molecule has 0 aliphatic carbocycles. The van der Waals surface area contributed by atoms with Gasteiger partial charge in [-0.1, -0.05) is 11.6 Å². The zero-order valence-electron chi connectivity index (χ0n) is 14.6. The summed E-state index contributed by atoms with van der Waals surface area (Å²) in [6.45, 7) is 0. The highest BCUT2D eigenvalue weighted by Gasteiger charge is 2.44. The summed E-state index contributed by atoms with van der Waals surface area (Å²) < 4.78 is 118. The minimum atomic E-state index is -5.64. The monoisotopic (exact) mass is 497 g/mol. The number of anilines is 2. The maximum absolute atomic E-state index is 13.4. The third-order valence-corrected chi connectivity index (χ3v) is 4.11. The van der Waals surface area contributed by atoms with E-state index in [0.717, 1.165) is 0 Å². The van der Waals surface area contributed by atoms with E-state index < -0.39 is 72.8 Å². The molecule has 0 aliphatic rings. The van der Waals surface area contributed by atoms with Gasteiger partial charge in [-0.05, 0) is 12.1 Å². The van der Waals surface area contributed by atoms with E-state index in [-0.39, 0.29) is 24.3 Å². The van der Waals surface area contributed by atoms with Gasteiger partial charge in [-0.25, -0.2) is 0 Å². The average molecular weight is 498 g/mol. The van der Waals surface area contributed by atoms with Gasteiger partial charge in [0.2, 0.25) is 0 Å². The van der Waals surface area contributed by atoms with Gasteiger partial charge < -0.3 is 5.32 Å². The Morgan fingerprint density at radius 3 is 1.59 bits per heavy atom. The van der Waals surface area contributed by atoms with E-state index in [2.05, 4.69) is 0 Å².